The van der Waals surface area contributed by atoms with Gasteiger partial charge in [0.2, 0.25) is 5.89 Å². The van der Waals surface area contributed by atoms with Crippen LogP contribution in [0.3, 0.4) is 0 Å². The number of hydrogen-bond acceptors (Lipinski definition) is 5. The lowest BCUT2D eigenvalue weighted by Crippen LogP contribution is -2.38. The highest BCUT2D eigenvalue weighted by atomic mass is 19.1. The summed E-state index contributed by atoms with van der Waals surface area (Å²) in [4.78, 5) is 18.8. The molecule has 0 radical (unpaired) electrons. The van der Waals surface area contributed by atoms with E-state index in [0.29, 0.717) is 17.9 Å². The first-order valence-corrected chi connectivity index (χ1v) is 14.4. The van der Waals surface area contributed by atoms with E-state index >= 15 is 4.39 Å². The molecule has 6 nitrogen and oxygen atoms in total. The van der Waals surface area contributed by atoms with Gasteiger partial charge in [-0.3, -0.25) is 0 Å². The fourth-order valence-electron chi connectivity index (χ4n) is 5.34. The van der Waals surface area contributed by atoms with Crippen molar-refractivity contribution in [3.63, 3.8) is 0 Å². The lowest BCUT2D eigenvalue weighted by Gasteiger charge is -2.32. The molecule has 1 aromatic heterocycles. The third-order valence-electron chi connectivity index (χ3n) is 7.64. The largest absolute Gasteiger partial charge is 0.445 e. The summed E-state index contributed by atoms with van der Waals surface area (Å²) in [6.07, 6.45) is -1.41. The molecule has 9 heteroatoms. The van der Waals surface area contributed by atoms with E-state index in [2.05, 4.69) is 5.32 Å². The van der Waals surface area contributed by atoms with Crippen molar-refractivity contribution in [2.45, 2.75) is 46.0 Å². The van der Waals surface area contributed by atoms with Crippen LogP contribution in [-0.2, 0) is 17.8 Å². The van der Waals surface area contributed by atoms with E-state index in [-0.39, 0.29) is 37.7 Å². The van der Waals surface area contributed by atoms with Gasteiger partial charge in [-0.25, -0.2) is 22.9 Å². The molecule has 1 aliphatic heterocycles. The molecule has 226 valence electrons. The first-order chi connectivity index (χ1) is 20.6. The van der Waals surface area contributed by atoms with Gasteiger partial charge in [-0.05, 0) is 34.7 Å². The van der Waals surface area contributed by atoms with Crippen LogP contribution in [-0.4, -0.2) is 41.8 Å². The molecular formula is C34H36F3N3O3. The third kappa shape index (κ3) is 7.46. The number of oxazole rings is 1. The number of rotatable bonds is 9. The molecule has 1 unspecified atom stereocenters. The second-order valence-electron chi connectivity index (χ2n) is 12.0. The monoisotopic (exact) mass is 591 g/mol. The summed E-state index contributed by atoms with van der Waals surface area (Å²) in [5, 5.41) is 3.47. The fourth-order valence-corrected chi connectivity index (χ4v) is 5.34. The molecule has 0 aliphatic carbocycles. The molecule has 0 spiro atoms. The zero-order valence-electron chi connectivity index (χ0n) is 24.5. The lowest BCUT2D eigenvalue weighted by molar-refractivity contribution is 0.101. The summed E-state index contributed by atoms with van der Waals surface area (Å²) in [7, 11) is 0. The van der Waals surface area contributed by atoms with E-state index in [0.717, 1.165) is 29.3 Å². The predicted octanol–water partition coefficient (Wildman–Crippen LogP) is 7.49. The summed E-state index contributed by atoms with van der Waals surface area (Å²) >= 11 is 0. The number of amides is 1. The molecule has 1 N–H and O–H groups in total. The zero-order valence-corrected chi connectivity index (χ0v) is 24.5. The van der Waals surface area contributed by atoms with Crippen LogP contribution in [0.5, 0.6) is 0 Å². The highest BCUT2D eigenvalue weighted by Crippen LogP contribution is 2.38. The molecule has 5 rings (SSSR count). The number of ether oxygens (including phenoxy) is 1. The molecule has 1 saturated heterocycles. The number of nitrogens with one attached hydrogen (secondary N) is 1. The molecule has 1 aliphatic rings. The van der Waals surface area contributed by atoms with Gasteiger partial charge < -0.3 is 19.4 Å². The quantitative estimate of drug-likeness (QED) is 0.218. The van der Waals surface area contributed by atoms with E-state index in [1.165, 1.54) is 4.90 Å². The maximum Gasteiger partial charge on any atom is 0.410 e. The molecule has 1 fully saturated rings. The summed E-state index contributed by atoms with van der Waals surface area (Å²) in [5.41, 5.74) is 1.87. The molecule has 3 aromatic carbocycles. The van der Waals surface area contributed by atoms with Crippen LogP contribution in [0.2, 0.25) is 0 Å². The van der Waals surface area contributed by atoms with Crippen LogP contribution in [0.25, 0.3) is 11.5 Å². The Morgan fingerprint density at radius 2 is 1.70 bits per heavy atom. The maximum atomic E-state index is 15.2. The van der Waals surface area contributed by atoms with Crippen LogP contribution >= 0.6 is 0 Å². The topological polar surface area (TPSA) is 67.6 Å². The van der Waals surface area contributed by atoms with Crippen LogP contribution in [0, 0.1) is 23.0 Å². The number of alkyl halides is 1. The highest BCUT2D eigenvalue weighted by molar-refractivity contribution is 5.68. The Morgan fingerprint density at radius 1 is 1.02 bits per heavy atom. The Kier molecular flexibility index (Phi) is 9.20. The lowest BCUT2D eigenvalue weighted by atomic mass is 9.83. The molecule has 0 bridgehead atoms. The van der Waals surface area contributed by atoms with Crippen molar-refractivity contribution in [2.75, 3.05) is 19.6 Å². The average molecular weight is 592 g/mol. The number of aromatic nitrogens is 1. The van der Waals surface area contributed by atoms with Gasteiger partial charge in [-0.2, -0.15) is 0 Å². The van der Waals surface area contributed by atoms with Crippen molar-refractivity contribution in [2.24, 2.45) is 11.3 Å². The molecule has 1 amide bonds. The fraction of sp³-hybridized carbons (Fsp3) is 0.353. The Morgan fingerprint density at radius 3 is 2.37 bits per heavy atom. The van der Waals surface area contributed by atoms with Crippen LogP contribution in [0.15, 0.2) is 83.3 Å². The summed E-state index contributed by atoms with van der Waals surface area (Å²) in [5.74, 6) is -1.24. The first kappa shape index (κ1) is 30.4. The number of benzene rings is 3. The minimum atomic E-state index is -1.24. The summed E-state index contributed by atoms with van der Waals surface area (Å²) in [6.45, 7) is 6.58. The summed E-state index contributed by atoms with van der Waals surface area (Å²) < 4.78 is 55.5. The minimum Gasteiger partial charge on any atom is -0.445 e. The second-order valence-corrected chi connectivity index (χ2v) is 12.0. The average Bonchev–Trinajstić information content (AvgIpc) is 3.56. The van der Waals surface area contributed by atoms with Crippen molar-refractivity contribution in [1.82, 2.24) is 15.2 Å². The summed E-state index contributed by atoms with van der Waals surface area (Å²) in [6, 6.07) is 21.7. The van der Waals surface area contributed by atoms with Crippen molar-refractivity contribution >= 4 is 6.09 Å². The van der Waals surface area contributed by atoms with E-state index < -0.39 is 41.3 Å². The van der Waals surface area contributed by atoms with E-state index in [4.69, 9.17) is 14.1 Å². The smallest absolute Gasteiger partial charge is 0.410 e. The number of halogens is 3. The third-order valence-corrected chi connectivity index (χ3v) is 7.64. The molecule has 2 heterocycles. The van der Waals surface area contributed by atoms with Crippen molar-refractivity contribution in [3.05, 3.63) is 113 Å². The van der Waals surface area contributed by atoms with Crippen molar-refractivity contribution in [3.8, 4) is 11.5 Å². The zero-order chi connectivity index (χ0) is 30.6. The van der Waals surface area contributed by atoms with Gasteiger partial charge in [0.25, 0.3) is 0 Å². The molecule has 0 saturated carbocycles. The normalized spacial score (nSPS) is 17.7. The van der Waals surface area contributed by atoms with Crippen molar-refractivity contribution in [1.29, 1.82) is 0 Å². The van der Waals surface area contributed by atoms with Gasteiger partial charge in [0.05, 0.1) is 18.2 Å². The number of carbonyl (C=O) groups excluding carboxylic acids is 1. The second kappa shape index (κ2) is 13.0. The van der Waals surface area contributed by atoms with Gasteiger partial charge in [0.15, 0.2) is 0 Å². The highest BCUT2D eigenvalue weighted by Gasteiger charge is 2.39. The standard InChI is InChI=1S/C34H36F3N3O3/c1-34(2,3)31(38-18-24-19-40(20-28(24)37)33(41)42-21-23-12-8-5-9-13-23)30-29(16-22-10-6-4-7-11-22)43-32(39-30)26-17-25(35)14-15-27(26)36/h4-15,17,24,28,31,38H,16,18-21H2,1-3H3/t24-,28+,31?/m1/s1. The number of hydrogen-bond donors (Lipinski definition) is 1. The van der Waals surface area contributed by atoms with Crippen LogP contribution < -0.4 is 5.32 Å². The minimum absolute atomic E-state index is 0.0226. The Hall–Kier alpha value is -4.11. The molecule has 3 atom stereocenters. The van der Waals surface area contributed by atoms with E-state index in [1.54, 1.807) is 0 Å². The van der Waals surface area contributed by atoms with Crippen LogP contribution in [0.1, 0.15) is 49.4 Å². The Labute approximate surface area is 249 Å². The maximum absolute atomic E-state index is 15.2. The van der Waals surface area contributed by atoms with Gasteiger partial charge >= 0.3 is 6.09 Å². The molecule has 43 heavy (non-hydrogen) atoms. The van der Waals surface area contributed by atoms with Crippen LogP contribution in [0.4, 0.5) is 18.0 Å². The van der Waals surface area contributed by atoms with Gasteiger partial charge in [-0.1, -0.05) is 81.4 Å². The van der Waals surface area contributed by atoms with Crippen molar-refractivity contribution < 1.29 is 27.1 Å². The number of likely N-dealkylation sites (tertiary alicyclic amines) is 1. The van der Waals surface area contributed by atoms with E-state index in [1.807, 2.05) is 81.4 Å². The SMILES string of the molecule is CC(C)(C)C(NC[C@@H]1CN(C(=O)OCc2ccccc2)C[C@@H]1F)c1nc(-c2cc(F)ccc2F)oc1Cc1ccccc1. The first-order valence-electron chi connectivity index (χ1n) is 14.4. The predicted molar refractivity (Wildman–Crippen MR) is 158 cm³/mol. The van der Waals surface area contributed by atoms with Gasteiger partial charge in [-0.15, -0.1) is 0 Å². The van der Waals surface area contributed by atoms with Gasteiger partial charge in [0, 0.05) is 25.4 Å². The Balaban J connectivity index is 1.35. The molecular weight excluding hydrogens is 555 g/mol. The Bertz CT molecular complexity index is 1520. The van der Waals surface area contributed by atoms with Gasteiger partial charge in [0.1, 0.15) is 35.9 Å². The number of nitrogens with zero attached hydrogens (tertiary/aromatic N) is 2. The number of carbonyl (C=O) groups is 1. The van der Waals surface area contributed by atoms with E-state index in [9.17, 15) is 13.6 Å². The molecule has 4 aromatic rings.